The molecule has 0 radical (unpaired) electrons. The summed E-state index contributed by atoms with van der Waals surface area (Å²) in [5, 5.41) is 9.21. The summed E-state index contributed by atoms with van der Waals surface area (Å²) in [6.07, 6.45) is 9.75. The Balaban J connectivity index is 1.50. The van der Waals surface area contributed by atoms with Crippen molar-refractivity contribution < 1.29 is 9.90 Å². The van der Waals surface area contributed by atoms with Crippen molar-refractivity contribution >= 4 is 11.9 Å². The Bertz CT molecular complexity index is 630. The van der Waals surface area contributed by atoms with E-state index >= 15 is 0 Å². The van der Waals surface area contributed by atoms with Crippen molar-refractivity contribution in [3.63, 3.8) is 0 Å². The summed E-state index contributed by atoms with van der Waals surface area (Å²) in [4.78, 5) is 26.3. The summed E-state index contributed by atoms with van der Waals surface area (Å²) >= 11 is 0. The normalized spacial score (nSPS) is 27.6. The summed E-state index contributed by atoms with van der Waals surface area (Å²) in [7, 11) is 0. The van der Waals surface area contributed by atoms with Crippen LogP contribution in [0.2, 0.25) is 0 Å². The first-order valence-electron chi connectivity index (χ1n) is 9.70. The maximum Gasteiger partial charge on any atom is 0.230 e. The molecule has 3 aliphatic rings. The monoisotopic (exact) mass is 344 g/mol. The smallest absolute Gasteiger partial charge is 0.230 e. The Morgan fingerprint density at radius 3 is 2.84 bits per heavy atom. The molecule has 1 aromatic heterocycles. The maximum absolute atomic E-state index is 12.9. The molecule has 1 atom stereocenters. The predicted octanol–water partition coefficient (Wildman–Crippen LogP) is 1.95. The van der Waals surface area contributed by atoms with E-state index < -0.39 is 0 Å². The van der Waals surface area contributed by atoms with Gasteiger partial charge in [0.1, 0.15) is 0 Å². The lowest BCUT2D eigenvalue weighted by atomic mass is 9.78. The molecule has 2 saturated heterocycles. The molecular formula is C19H28N4O2. The Kier molecular flexibility index (Phi) is 4.63. The van der Waals surface area contributed by atoms with Crippen molar-refractivity contribution in [2.24, 2.45) is 5.41 Å². The van der Waals surface area contributed by atoms with Crippen molar-refractivity contribution in [1.82, 2.24) is 14.9 Å². The van der Waals surface area contributed by atoms with Gasteiger partial charge in [-0.15, -0.1) is 0 Å². The van der Waals surface area contributed by atoms with E-state index in [9.17, 15) is 9.90 Å². The van der Waals surface area contributed by atoms with E-state index in [4.69, 9.17) is 4.98 Å². The number of carbonyl (C=O) groups is 1. The Labute approximate surface area is 149 Å². The lowest BCUT2D eigenvalue weighted by Gasteiger charge is -2.39. The van der Waals surface area contributed by atoms with E-state index in [0.717, 1.165) is 38.3 Å². The second-order valence-corrected chi connectivity index (χ2v) is 7.83. The molecule has 4 rings (SSSR count). The van der Waals surface area contributed by atoms with Crippen LogP contribution in [0.4, 0.5) is 5.95 Å². The number of hydrogen-bond donors (Lipinski definition) is 1. The zero-order valence-electron chi connectivity index (χ0n) is 14.9. The number of likely N-dealkylation sites (tertiary alicyclic amines) is 1. The molecule has 1 N–H and O–H groups in total. The van der Waals surface area contributed by atoms with E-state index in [2.05, 4.69) is 16.0 Å². The quantitative estimate of drug-likeness (QED) is 0.904. The molecule has 25 heavy (non-hydrogen) atoms. The summed E-state index contributed by atoms with van der Waals surface area (Å²) in [5.74, 6) is 1.57. The van der Waals surface area contributed by atoms with Gasteiger partial charge in [-0.05, 0) is 38.2 Å². The van der Waals surface area contributed by atoms with Gasteiger partial charge in [0.15, 0.2) is 0 Å². The highest BCUT2D eigenvalue weighted by Gasteiger charge is 2.48. The number of anilines is 1. The van der Waals surface area contributed by atoms with Crippen molar-refractivity contribution in [2.45, 2.75) is 50.9 Å². The molecular weight excluding hydrogens is 316 g/mol. The van der Waals surface area contributed by atoms with Gasteiger partial charge in [-0.2, -0.15) is 0 Å². The molecule has 3 heterocycles. The van der Waals surface area contributed by atoms with Gasteiger partial charge in [0.25, 0.3) is 0 Å². The maximum atomic E-state index is 12.9. The molecule has 6 nitrogen and oxygen atoms in total. The number of nitrogens with zero attached hydrogens (tertiary/aromatic N) is 4. The second kappa shape index (κ2) is 6.90. The average molecular weight is 344 g/mol. The first-order chi connectivity index (χ1) is 12.2. The van der Waals surface area contributed by atoms with Crippen LogP contribution in [0.15, 0.2) is 12.3 Å². The number of rotatable bonds is 4. The largest absolute Gasteiger partial charge is 0.395 e. The van der Waals surface area contributed by atoms with E-state index in [1.54, 1.807) is 0 Å². The minimum atomic E-state index is -0.305. The van der Waals surface area contributed by atoms with Crippen molar-refractivity contribution in [1.29, 1.82) is 0 Å². The molecule has 3 fully saturated rings. The molecule has 1 aliphatic carbocycles. The van der Waals surface area contributed by atoms with E-state index in [1.807, 2.05) is 11.1 Å². The summed E-state index contributed by atoms with van der Waals surface area (Å²) in [6.45, 7) is 2.82. The number of β-amino-alcohol motifs (C(OH)–C–C–N with tert-alkyl or cyclic N) is 1. The molecule has 6 heteroatoms. The Morgan fingerprint density at radius 1 is 1.20 bits per heavy atom. The van der Waals surface area contributed by atoms with Gasteiger partial charge >= 0.3 is 0 Å². The number of amides is 1. The first kappa shape index (κ1) is 16.8. The number of piperidine rings is 1. The standard InChI is InChI=1S/C19H28N4O2/c24-13-12-22-10-3-7-19(17(22)25)8-11-23(14-19)18-20-9-6-16(21-18)15-4-1-2-5-15/h6,9,15,24H,1-5,7-8,10-14H2/t19-/m0/s1. The molecule has 0 aromatic carbocycles. The number of aromatic nitrogens is 2. The van der Waals surface area contributed by atoms with E-state index in [0.29, 0.717) is 19.0 Å². The van der Waals surface area contributed by atoms with Gasteiger partial charge in [-0.25, -0.2) is 9.97 Å². The van der Waals surface area contributed by atoms with Crippen molar-refractivity contribution in [3.05, 3.63) is 18.0 Å². The Morgan fingerprint density at radius 2 is 2.04 bits per heavy atom. The van der Waals surface area contributed by atoms with Crippen LogP contribution in [0.25, 0.3) is 0 Å². The number of hydrogen-bond acceptors (Lipinski definition) is 5. The fraction of sp³-hybridized carbons (Fsp3) is 0.737. The molecule has 1 amide bonds. The lowest BCUT2D eigenvalue weighted by Crippen LogP contribution is -2.50. The van der Waals surface area contributed by atoms with Gasteiger partial charge in [0.05, 0.1) is 12.0 Å². The summed E-state index contributed by atoms with van der Waals surface area (Å²) in [6, 6.07) is 2.06. The average Bonchev–Trinajstić information content (AvgIpc) is 3.31. The fourth-order valence-electron chi connectivity index (χ4n) is 4.87. The lowest BCUT2D eigenvalue weighted by molar-refractivity contribution is -0.145. The third-order valence-corrected chi connectivity index (χ3v) is 6.27. The Hall–Kier alpha value is -1.69. The predicted molar refractivity (Wildman–Crippen MR) is 95.4 cm³/mol. The minimum Gasteiger partial charge on any atom is -0.395 e. The topological polar surface area (TPSA) is 69.6 Å². The van der Waals surface area contributed by atoms with Gasteiger partial charge in [0, 0.05) is 44.0 Å². The molecule has 1 saturated carbocycles. The second-order valence-electron chi connectivity index (χ2n) is 7.83. The van der Waals surface area contributed by atoms with Crippen LogP contribution < -0.4 is 4.90 Å². The molecule has 1 aromatic rings. The number of aliphatic hydroxyl groups excluding tert-OH is 1. The van der Waals surface area contributed by atoms with Crippen LogP contribution in [0.5, 0.6) is 0 Å². The molecule has 0 bridgehead atoms. The van der Waals surface area contributed by atoms with Gasteiger partial charge in [0.2, 0.25) is 11.9 Å². The van der Waals surface area contributed by atoms with Crippen LogP contribution >= 0.6 is 0 Å². The zero-order chi connectivity index (χ0) is 17.3. The van der Waals surface area contributed by atoms with Gasteiger partial charge < -0.3 is 14.9 Å². The SMILES string of the molecule is O=C1N(CCO)CCC[C@@]12CCN(c1nccc(C3CCCC3)n1)C2. The summed E-state index contributed by atoms with van der Waals surface area (Å²) < 4.78 is 0. The van der Waals surface area contributed by atoms with E-state index in [-0.39, 0.29) is 17.9 Å². The molecule has 136 valence electrons. The van der Waals surface area contributed by atoms with Gasteiger partial charge in [-0.1, -0.05) is 12.8 Å². The van der Waals surface area contributed by atoms with E-state index in [1.165, 1.54) is 31.4 Å². The first-order valence-corrected chi connectivity index (χ1v) is 9.70. The molecule has 2 aliphatic heterocycles. The third-order valence-electron chi connectivity index (χ3n) is 6.27. The van der Waals surface area contributed by atoms with Crippen LogP contribution in [-0.4, -0.2) is 58.7 Å². The van der Waals surface area contributed by atoms with Crippen molar-refractivity contribution in [3.8, 4) is 0 Å². The molecule has 0 unspecified atom stereocenters. The zero-order valence-corrected chi connectivity index (χ0v) is 14.9. The highest BCUT2D eigenvalue weighted by atomic mass is 16.3. The highest BCUT2D eigenvalue weighted by molar-refractivity contribution is 5.85. The van der Waals surface area contributed by atoms with Crippen LogP contribution in [-0.2, 0) is 4.79 Å². The third kappa shape index (κ3) is 3.12. The summed E-state index contributed by atoms with van der Waals surface area (Å²) in [5.41, 5.74) is 0.862. The van der Waals surface area contributed by atoms with Crippen LogP contribution in [0, 0.1) is 5.41 Å². The van der Waals surface area contributed by atoms with Crippen LogP contribution in [0.3, 0.4) is 0 Å². The molecule has 1 spiro atoms. The number of aliphatic hydroxyl groups is 1. The fourth-order valence-corrected chi connectivity index (χ4v) is 4.87. The number of carbonyl (C=O) groups excluding carboxylic acids is 1. The minimum absolute atomic E-state index is 0.0398. The highest BCUT2D eigenvalue weighted by Crippen LogP contribution is 2.41. The van der Waals surface area contributed by atoms with Crippen LogP contribution in [0.1, 0.15) is 56.6 Å². The van der Waals surface area contributed by atoms with Crippen molar-refractivity contribution in [2.75, 3.05) is 37.7 Å². The van der Waals surface area contributed by atoms with Gasteiger partial charge in [-0.3, -0.25) is 4.79 Å².